The van der Waals surface area contributed by atoms with E-state index in [0.29, 0.717) is 21.5 Å². The fraction of sp³-hybridized carbons (Fsp3) is 0.267. The van der Waals surface area contributed by atoms with Gasteiger partial charge in [0.1, 0.15) is 0 Å². The average molecular weight is 380 g/mol. The summed E-state index contributed by atoms with van der Waals surface area (Å²) in [5.74, 6) is -0.0303. The lowest BCUT2D eigenvalue weighted by Gasteiger charge is -2.22. The molecule has 0 radical (unpaired) electrons. The maximum atomic E-state index is 12.4. The van der Waals surface area contributed by atoms with Crippen molar-refractivity contribution in [3.8, 4) is 10.4 Å². The van der Waals surface area contributed by atoms with Gasteiger partial charge in [-0.2, -0.15) is 0 Å². The molecule has 2 rings (SSSR count). The summed E-state index contributed by atoms with van der Waals surface area (Å²) < 4.78 is 0. The Morgan fingerprint density at radius 2 is 1.86 bits per heavy atom. The second kappa shape index (κ2) is 8.18. The average Bonchev–Trinajstić information content (AvgIpc) is 2.93. The van der Waals surface area contributed by atoms with E-state index in [9.17, 15) is 4.79 Å². The number of hydrogen-bond donors (Lipinski definition) is 1. The van der Waals surface area contributed by atoms with Gasteiger partial charge in [-0.05, 0) is 42.8 Å². The van der Waals surface area contributed by atoms with Crippen molar-refractivity contribution in [2.75, 3.05) is 13.6 Å². The Morgan fingerprint density at radius 3 is 2.41 bits per heavy atom. The molecule has 0 saturated carbocycles. The maximum Gasteiger partial charge on any atom is 0.263 e. The molecule has 2 aromatic rings. The molecule has 0 fully saturated rings. The van der Waals surface area contributed by atoms with Crippen LogP contribution >= 0.6 is 46.9 Å². The summed E-state index contributed by atoms with van der Waals surface area (Å²) in [6.45, 7) is 2.35. The molecular formula is C15H17Cl3N2OS. The third-order valence-electron chi connectivity index (χ3n) is 3.29. The van der Waals surface area contributed by atoms with Crippen LogP contribution in [0.25, 0.3) is 10.4 Å². The summed E-state index contributed by atoms with van der Waals surface area (Å²) in [7, 11) is 1.76. The first-order chi connectivity index (χ1) is 9.92. The zero-order chi connectivity index (χ0) is 15.6. The molecule has 0 aliphatic rings. The Balaban J connectivity index is 0.00000242. The highest BCUT2D eigenvalue weighted by atomic mass is 35.5. The van der Waals surface area contributed by atoms with E-state index in [0.717, 1.165) is 10.4 Å². The standard InChI is InChI=1S/C15H16Cl2N2OS.ClH/c1-9(8-18)19(2)15(20)14-4-3-13(21-14)10-5-11(16)7-12(17)6-10;/h3-7,9H,8,18H2,1-2H3;1H. The van der Waals surface area contributed by atoms with Crippen LogP contribution in [0.4, 0.5) is 0 Å². The van der Waals surface area contributed by atoms with E-state index in [-0.39, 0.29) is 24.4 Å². The molecule has 0 spiro atoms. The predicted molar refractivity (Wildman–Crippen MR) is 97.6 cm³/mol. The van der Waals surface area contributed by atoms with Gasteiger partial charge in [0.05, 0.1) is 4.88 Å². The van der Waals surface area contributed by atoms with E-state index in [4.69, 9.17) is 28.9 Å². The Labute approximate surface area is 150 Å². The Hall–Kier alpha value is -0.780. The van der Waals surface area contributed by atoms with Gasteiger partial charge in [-0.3, -0.25) is 4.79 Å². The van der Waals surface area contributed by atoms with Crippen molar-refractivity contribution in [2.24, 2.45) is 5.73 Å². The van der Waals surface area contributed by atoms with Crippen molar-refractivity contribution in [1.82, 2.24) is 4.90 Å². The highest BCUT2D eigenvalue weighted by Crippen LogP contribution is 2.32. The minimum absolute atomic E-state index is 0. The van der Waals surface area contributed by atoms with E-state index in [1.165, 1.54) is 11.3 Å². The molecule has 7 heteroatoms. The third-order valence-corrected chi connectivity index (χ3v) is 4.85. The summed E-state index contributed by atoms with van der Waals surface area (Å²) in [6, 6.07) is 9.07. The maximum absolute atomic E-state index is 12.4. The predicted octanol–water partition coefficient (Wildman–Crippen LogP) is 4.56. The number of likely N-dealkylation sites (N-methyl/N-ethyl adjacent to an activating group) is 1. The lowest BCUT2D eigenvalue weighted by atomic mass is 10.2. The Morgan fingerprint density at radius 1 is 1.27 bits per heavy atom. The summed E-state index contributed by atoms with van der Waals surface area (Å²) >= 11 is 13.4. The zero-order valence-corrected chi connectivity index (χ0v) is 15.3. The first-order valence-electron chi connectivity index (χ1n) is 6.46. The second-order valence-electron chi connectivity index (χ2n) is 4.82. The van der Waals surface area contributed by atoms with Crippen molar-refractivity contribution in [3.05, 3.63) is 45.3 Å². The largest absolute Gasteiger partial charge is 0.337 e. The number of halogens is 3. The van der Waals surface area contributed by atoms with E-state index >= 15 is 0 Å². The number of benzene rings is 1. The van der Waals surface area contributed by atoms with Crippen LogP contribution < -0.4 is 5.73 Å². The Kier molecular flexibility index (Phi) is 7.16. The summed E-state index contributed by atoms with van der Waals surface area (Å²) in [5, 5.41) is 1.15. The molecular weight excluding hydrogens is 363 g/mol. The normalized spacial score (nSPS) is 11.7. The quantitative estimate of drug-likeness (QED) is 0.846. The molecule has 1 amide bonds. The molecule has 0 aliphatic carbocycles. The monoisotopic (exact) mass is 378 g/mol. The second-order valence-corrected chi connectivity index (χ2v) is 6.78. The van der Waals surface area contributed by atoms with Gasteiger partial charge in [0, 0.05) is 34.6 Å². The van der Waals surface area contributed by atoms with Crippen molar-refractivity contribution in [1.29, 1.82) is 0 Å². The first kappa shape index (κ1) is 19.3. The highest BCUT2D eigenvalue weighted by Gasteiger charge is 2.18. The van der Waals surface area contributed by atoms with E-state index in [1.54, 1.807) is 18.0 Å². The van der Waals surface area contributed by atoms with Gasteiger partial charge in [-0.25, -0.2) is 0 Å². The lowest BCUT2D eigenvalue weighted by molar-refractivity contribution is 0.0753. The molecule has 120 valence electrons. The van der Waals surface area contributed by atoms with E-state index in [1.807, 2.05) is 31.2 Å². The van der Waals surface area contributed by atoms with Crippen LogP contribution in [0.1, 0.15) is 16.6 Å². The van der Waals surface area contributed by atoms with Gasteiger partial charge in [0.15, 0.2) is 0 Å². The van der Waals surface area contributed by atoms with Crippen LogP contribution in [0.15, 0.2) is 30.3 Å². The zero-order valence-electron chi connectivity index (χ0n) is 12.2. The van der Waals surface area contributed by atoms with Crippen LogP contribution in [0.5, 0.6) is 0 Å². The van der Waals surface area contributed by atoms with E-state index in [2.05, 4.69) is 0 Å². The van der Waals surface area contributed by atoms with Crippen molar-refractivity contribution >= 4 is 52.9 Å². The minimum atomic E-state index is -0.0303. The number of nitrogens with zero attached hydrogens (tertiary/aromatic N) is 1. The molecule has 1 heterocycles. The molecule has 1 aromatic carbocycles. The van der Waals surface area contributed by atoms with Crippen molar-refractivity contribution in [2.45, 2.75) is 13.0 Å². The van der Waals surface area contributed by atoms with Crippen LogP contribution in [0.3, 0.4) is 0 Å². The number of rotatable bonds is 4. The van der Waals surface area contributed by atoms with Gasteiger partial charge in [-0.15, -0.1) is 23.7 Å². The lowest BCUT2D eigenvalue weighted by Crippen LogP contribution is -2.39. The summed E-state index contributed by atoms with van der Waals surface area (Å²) in [4.78, 5) is 15.6. The first-order valence-corrected chi connectivity index (χ1v) is 8.03. The number of nitrogens with two attached hydrogens (primary N) is 1. The number of carbonyl (C=O) groups is 1. The highest BCUT2D eigenvalue weighted by molar-refractivity contribution is 7.17. The summed E-state index contributed by atoms with van der Waals surface area (Å²) in [5.41, 5.74) is 6.51. The number of thiophene rings is 1. The number of carbonyl (C=O) groups excluding carboxylic acids is 1. The van der Waals surface area contributed by atoms with Gasteiger partial charge >= 0.3 is 0 Å². The van der Waals surface area contributed by atoms with Gasteiger partial charge in [-0.1, -0.05) is 23.2 Å². The molecule has 1 aromatic heterocycles. The number of amides is 1. The third kappa shape index (κ3) is 4.37. The molecule has 0 saturated heterocycles. The molecule has 2 N–H and O–H groups in total. The molecule has 1 unspecified atom stereocenters. The van der Waals surface area contributed by atoms with Gasteiger partial charge in [0.2, 0.25) is 0 Å². The molecule has 0 aliphatic heterocycles. The Bertz CT molecular complexity index is 640. The van der Waals surface area contributed by atoms with Crippen LogP contribution in [-0.2, 0) is 0 Å². The minimum Gasteiger partial charge on any atom is -0.337 e. The molecule has 22 heavy (non-hydrogen) atoms. The van der Waals surface area contributed by atoms with Crippen LogP contribution in [0, 0.1) is 0 Å². The molecule has 0 bridgehead atoms. The van der Waals surface area contributed by atoms with Crippen LogP contribution in [-0.4, -0.2) is 30.4 Å². The molecule has 1 atom stereocenters. The number of hydrogen-bond acceptors (Lipinski definition) is 3. The van der Waals surface area contributed by atoms with Crippen molar-refractivity contribution < 1.29 is 4.79 Å². The van der Waals surface area contributed by atoms with Crippen LogP contribution in [0.2, 0.25) is 10.0 Å². The fourth-order valence-corrected chi connectivity index (χ4v) is 3.34. The SMILES string of the molecule is CC(CN)N(C)C(=O)c1ccc(-c2cc(Cl)cc(Cl)c2)s1.Cl. The van der Waals surface area contributed by atoms with Crippen molar-refractivity contribution in [3.63, 3.8) is 0 Å². The van der Waals surface area contributed by atoms with E-state index < -0.39 is 0 Å². The smallest absolute Gasteiger partial charge is 0.263 e. The van der Waals surface area contributed by atoms with Gasteiger partial charge < -0.3 is 10.6 Å². The summed E-state index contributed by atoms with van der Waals surface area (Å²) in [6.07, 6.45) is 0. The molecule has 3 nitrogen and oxygen atoms in total. The topological polar surface area (TPSA) is 46.3 Å². The fourth-order valence-electron chi connectivity index (χ4n) is 1.84. The van der Waals surface area contributed by atoms with Gasteiger partial charge in [0.25, 0.3) is 5.91 Å².